The molecule has 2 aromatic rings. The molecule has 19 heavy (non-hydrogen) atoms. The molecule has 0 aliphatic rings. The normalized spacial score (nSPS) is 10.3. The summed E-state index contributed by atoms with van der Waals surface area (Å²) < 4.78 is 18.5. The Morgan fingerprint density at radius 2 is 1.95 bits per heavy atom. The fourth-order valence-electron chi connectivity index (χ4n) is 1.85. The molecule has 0 atom stereocenters. The van der Waals surface area contributed by atoms with Gasteiger partial charge in [0.05, 0.1) is 24.2 Å². The summed E-state index contributed by atoms with van der Waals surface area (Å²) in [7, 11) is 1.60. The average molecular weight is 260 g/mol. The van der Waals surface area contributed by atoms with Crippen molar-refractivity contribution in [2.24, 2.45) is 0 Å². The molecule has 3 N–H and O–H groups in total. The Labute approximate surface area is 112 Å². The Morgan fingerprint density at radius 1 is 1.16 bits per heavy atom. The molecule has 3 nitrogen and oxygen atoms in total. The van der Waals surface area contributed by atoms with Crippen molar-refractivity contribution in [3.05, 3.63) is 47.8 Å². The molecule has 0 aliphatic heterocycles. The second-order valence-corrected chi connectivity index (χ2v) is 4.24. The molecule has 2 aromatic carbocycles. The van der Waals surface area contributed by atoms with Crippen LogP contribution in [0.15, 0.2) is 36.4 Å². The third-order valence-corrected chi connectivity index (χ3v) is 2.96. The van der Waals surface area contributed by atoms with Gasteiger partial charge in [0, 0.05) is 0 Å². The second-order valence-electron chi connectivity index (χ2n) is 4.24. The summed E-state index contributed by atoms with van der Waals surface area (Å²) in [6.45, 7) is 2.07. The van der Waals surface area contributed by atoms with Crippen LogP contribution < -0.4 is 15.8 Å². The van der Waals surface area contributed by atoms with E-state index in [0.29, 0.717) is 17.1 Å². The monoisotopic (exact) mass is 260 g/mol. The number of nitrogens with two attached hydrogens (primary N) is 1. The number of rotatable bonds is 4. The maximum Gasteiger partial charge on any atom is 0.142 e. The first-order valence-electron chi connectivity index (χ1n) is 6.13. The van der Waals surface area contributed by atoms with Crippen LogP contribution in [0.5, 0.6) is 5.75 Å². The number of anilines is 3. The highest BCUT2D eigenvalue weighted by Crippen LogP contribution is 2.31. The summed E-state index contributed by atoms with van der Waals surface area (Å²) in [5.74, 6) is 0.364. The van der Waals surface area contributed by atoms with Crippen LogP contribution in [0.1, 0.15) is 12.5 Å². The predicted octanol–water partition coefficient (Wildman–Crippen LogP) is 3.72. The van der Waals surface area contributed by atoms with Gasteiger partial charge >= 0.3 is 0 Å². The number of hydrogen-bond acceptors (Lipinski definition) is 3. The highest BCUT2D eigenvalue weighted by Gasteiger charge is 2.07. The number of nitrogen functional groups attached to an aromatic ring is 1. The Bertz CT molecular complexity index is 584. The molecular weight excluding hydrogens is 243 g/mol. The molecule has 2 rings (SSSR count). The fraction of sp³-hybridized carbons (Fsp3) is 0.200. The van der Waals surface area contributed by atoms with Gasteiger partial charge < -0.3 is 15.8 Å². The number of hydrogen-bond donors (Lipinski definition) is 2. The van der Waals surface area contributed by atoms with E-state index in [0.717, 1.165) is 12.1 Å². The molecule has 0 spiro atoms. The number of methoxy groups -OCH3 is 1. The van der Waals surface area contributed by atoms with Crippen LogP contribution in [0.3, 0.4) is 0 Å². The standard InChI is InChI=1S/C15H17FN2O/c1-3-10-4-7-15(19-2)14(8-10)18-13-9-11(16)5-6-12(13)17/h4-9,18H,3,17H2,1-2H3. The van der Waals surface area contributed by atoms with Crippen LogP contribution in [0.4, 0.5) is 21.5 Å². The zero-order valence-electron chi connectivity index (χ0n) is 11.0. The van der Waals surface area contributed by atoms with Gasteiger partial charge in [0.25, 0.3) is 0 Å². The van der Waals surface area contributed by atoms with Gasteiger partial charge in [-0.25, -0.2) is 4.39 Å². The van der Waals surface area contributed by atoms with Gasteiger partial charge in [-0.1, -0.05) is 13.0 Å². The Morgan fingerprint density at radius 3 is 2.63 bits per heavy atom. The lowest BCUT2D eigenvalue weighted by Gasteiger charge is -2.14. The first-order chi connectivity index (χ1) is 9.13. The van der Waals surface area contributed by atoms with Gasteiger partial charge in [-0.05, 0) is 42.3 Å². The smallest absolute Gasteiger partial charge is 0.142 e. The van der Waals surface area contributed by atoms with E-state index in [1.165, 1.54) is 23.8 Å². The van der Waals surface area contributed by atoms with Gasteiger partial charge in [-0.3, -0.25) is 0 Å². The zero-order chi connectivity index (χ0) is 13.8. The second kappa shape index (κ2) is 5.61. The van der Waals surface area contributed by atoms with Crippen LogP contribution >= 0.6 is 0 Å². The molecule has 0 heterocycles. The molecule has 100 valence electrons. The molecule has 0 radical (unpaired) electrons. The molecule has 0 unspecified atom stereocenters. The maximum absolute atomic E-state index is 13.3. The lowest BCUT2D eigenvalue weighted by atomic mass is 10.1. The molecule has 0 amide bonds. The Kier molecular flexibility index (Phi) is 3.90. The van der Waals surface area contributed by atoms with Crippen LogP contribution in [0.25, 0.3) is 0 Å². The lowest BCUT2D eigenvalue weighted by molar-refractivity contribution is 0.416. The summed E-state index contributed by atoms with van der Waals surface area (Å²) in [6.07, 6.45) is 0.914. The molecular formula is C15H17FN2O. The molecule has 0 bridgehead atoms. The SMILES string of the molecule is CCc1ccc(OC)c(Nc2cc(F)ccc2N)c1. The summed E-state index contributed by atoms with van der Waals surface area (Å²) in [5, 5.41) is 3.12. The van der Waals surface area contributed by atoms with Crippen LogP contribution in [0.2, 0.25) is 0 Å². The number of ether oxygens (including phenoxy) is 1. The Balaban J connectivity index is 2.38. The number of nitrogens with one attached hydrogen (secondary N) is 1. The minimum absolute atomic E-state index is 0.331. The third kappa shape index (κ3) is 2.96. The Hall–Kier alpha value is -2.23. The minimum Gasteiger partial charge on any atom is -0.495 e. The van der Waals surface area contributed by atoms with Crippen molar-refractivity contribution in [1.82, 2.24) is 0 Å². The van der Waals surface area contributed by atoms with Crippen molar-refractivity contribution in [1.29, 1.82) is 0 Å². The van der Waals surface area contributed by atoms with Crippen molar-refractivity contribution in [2.75, 3.05) is 18.2 Å². The van der Waals surface area contributed by atoms with E-state index in [1.54, 1.807) is 7.11 Å². The topological polar surface area (TPSA) is 47.3 Å². The summed E-state index contributed by atoms with van der Waals surface area (Å²) in [4.78, 5) is 0. The van der Waals surface area contributed by atoms with Crippen molar-refractivity contribution in [3.8, 4) is 5.75 Å². The lowest BCUT2D eigenvalue weighted by Crippen LogP contribution is -1.99. The van der Waals surface area contributed by atoms with Crippen LogP contribution in [0, 0.1) is 5.82 Å². The molecule has 0 fully saturated rings. The summed E-state index contributed by atoms with van der Waals surface area (Å²) >= 11 is 0. The quantitative estimate of drug-likeness (QED) is 0.823. The van der Waals surface area contributed by atoms with E-state index in [4.69, 9.17) is 10.5 Å². The van der Waals surface area contributed by atoms with E-state index in [9.17, 15) is 4.39 Å². The zero-order valence-corrected chi connectivity index (χ0v) is 11.0. The largest absolute Gasteiger partial charge is 0.495 e. The number of aryl methyl sites for hydroxylation is 1. The van der Waals surface area contributed by atoms with Crippen molar-refractivity contribution >= 4 is 17.1 Å². The van der Waals surface area contributed by atoms with Crippen molar-refractivity contribution < 1.29 is 9.13 Å². The van der Waals surface area contributed by atoms with Crippen LogP contribution in [-0.2, 0) is 6.42 Å². The van der Waals surface area contributed by atoms with Crippen molar-refractivity contribution in [2.45, 2.75) is 13.3 Å². The molecule has 4 heteroatoms. The number of benzene rings is 2. The van der Waals surface area contributed by atoms with E-state index in [1.807, 2.05) is 18.2 Å². The van der Waals surface area contributed by atoms with E-state index in [-0.39, 0.29) is 5.82 Å². The van der Waals surface area contributed by atoms with Crippen LogP contribution in [-0.4, -0.2) is 7.11 Å². The average Bonchev–Trinajstić information content (AvgIpc) is 2.42. The molecule has 0 aromatic heterocycles. The highest BCUT2D eigenvalue weighted by atomic mass is 19.1. The van der Waals surface area contributed by atoms with Crippen molar-refractivity contribution in [3.63, 3.8) is 0 Å². The third-order valence-electron chi connectivity index (χ3n) is 2.96. The summed E-state index contributed by atoms with van der Waals surface area (Å²) in [5.41, 5.74) is 8.80. The van der Waals surface area contributed by atoms with Gasteiger partial charge in [-0.2, -0.15) is 0 Å². The minimum atomic E-state index is -0.331. The first kappa shape index (κ1) is 13.2. The molecule has 0 saturated heterocycles. The predicted molar refractivity (Wildman–Crippen MR) is 76.5 cm³/mol. The fourth-order valence-corrected chi connectivity index (χ4v) is 1.85. The van der Waals surface area contributed by atoms with Gasteiger partial charge in [0.2, 0.25) is 0 Å². The van der Waals surface area contributed by atoms with Gasteiger partial charge in [0.1, 0.15) is 11.6 Å². The molecule has 0 saturated carbocycles. The molecule has 0 aliphatic carbocycles. The van der Waals surface area contributed by atoms with E-state index < -0.39 is 0 Å². The number of halogens is 1. The maximum atomic E-state index is 13.3. The summed E-state index contributed by atoms with van der Waals surface area (Å²) in [6, 6.07) is 10.1. The van der Waals surface area contributed by atoms with Gasteiger partial charge in [-0.15, -0.1) is 0 Å². The van der Waals surface area contributed by atoms with E-state index >= 15 is 0 Å². The highest BCUT2D eigenvalue weighted by molar-refractivity contribution is 5.75. The van der Waals surface area contributed by atoms with Gasteiger partial charge in [0.15, 0.2) is 0 Å². The first-order valence-corrected chi connectivity index (χ1v) is 6.13. The van der Waals surface area contributed by atoms with E-state index in [2.05, 4.69) is 12.2 Å².